The summed E-state index contributed by atoms with van der Waals surface area (Å²) in [5.74, 6) is -5.06. The third kappa shape index (κ3) is 18.9. The van der Waals surface area contributed by atoms with Gasteiger partial charge in [-0.2, -0.15) is 0 Å². The van der Waals surface area contributed by atoms with Crippen LogP contribution in [0.2, 0.25) is 0 Å². The van der Waals surface area contributed by atoms with Crippen molar-refractivity contribution in [3.8, 4) is 0 Å². The van der Waals surface area contributed by atoms with Gasteiger partial charge in [-0.25, -0.2) is 14.4 Å². The van der Waals surface area contributed by atoms with Crippen molar-refractivity contribution in [2.24, 2.45) is 0 Å². The molecule has 2 saturated heterocycles. The van der Waals surface area contributed by atoms with Gasteiger partial charge in [0.2, 0.25) is 12.6 Å². The Morgan fingerprint density at radius 3 is 1.43 bits per heavy atom. The Morgan fingerprint density at radius 1 is 0.627 bits per heavy atom. The van der Waals surface area contributed by atoms with Crippen LogP contribution in [0.15, 0.2) is 0 Å². The molecule has 2 rings (SSSR count). The molecule has 2 aliphatic rings. The zero-order valence-electron chi connectivity index (χ0n) is 36.6. The quantitative estimate of drug-likeness (QED) is 0.0266. The van der Waals surface area contributed by atoms with Gasteiger partial charge in [-0.15, -0.1) is 0 Å². The van der Waals surface area contributed by atoms with E-state index in [0.29, 0.717) is 6.42 Å². The molecular weight excluding hydrogens is 924 g/mol. The van der Waals surface area contributed by atoms with Gasteiger partial charge in [0.15, 0.2) is 43.5 Å². The van der Waals surface area contributed by atoms with Crippen LogP contribution in [0.25, 0.3) is 0 Å². The Kier molecular flexibility index (Phi) is 26.7. The fourth-order valence-corrected chi connectivity index (χ4v) is 6.25. The van der Waals surface area contributed by atoms with E-state index in [1.807, 2.05) is 0 Å². The highest BCUT2D eigenvalue weighted by Crippen LogP contribution is 2.29. The molecule has 67 heavy (non-hydrogen) atoms. The molecular formula is C37H66O30. The summed E-state index contributed by atoms with van der Waals surface area (Å²) in [6.07, 6.45) is -36.3. The first-order chi connectivity index (χ1) is 31.4. The van der Waals surface area contributed by atoms with E-state index >= 15 is 0 Å². The number of ether oxygens (including phenoxy) is 11. The topological polar surface area (TPSA) is 476 Å². The van der Waals surface area contributed by atoms with Gasteiger partial charge in [0.1, 0.15) is 54.9 Å². The number of aliphatic hydroxyl groups excluding tert-OH is 12. The summed E-state index contributed by atoms with van der Waals surface area (Å²) in [6, 6.07) is 0. The Morgan fingerprint density at radius 2 is 1.04 bits per heavy atom. The number of aliphatic carboxylic acids is 3. The Bertz CT molecular complexity index is 1430. The number of carbonyl (C=O) groups is 3. The molecule has 30 nitrogen and oxygen atoms in total. The smallest absolute Gasteiger partial charge is 0.335 e. The lowest BCUT2D eigenvalue weighted by molar-refractivity contribution is -0.338. The van der Waals surface area contributed by atoms with E-state index < -0.39 is 200 Å². The van der Waals surface area contributed by atoms with Gasteiger partial charge in [0.05, 0.1) is 71.2 Å². The fourth-order valence-electron chi connectivity index (χ4n) is 6.25. The summed E-state index contributed by atoms with van der Waals surface area (Å²) in [5.41, 5.74) is -1.62. The first-order valence-corrected chi connectivity index (χ1v) is 20.8. The standard InChI is InChI=1S/C37H66O30/c1-4-5-37(3,67-22(8-40)30(53)54)23(46)14-62-35-25(48)27(17(43)11-59-35)66-32(63-20(6-38)28(49)50)18(44)12-60-34-24(47)26(16(42)10-58-34)65-33(64-21(7-39)29(51)52)19(45)13-61-36(31(55)56)57-9-15(2)41/h15-27,31-36,38-48,55-56H,4-14H2,1-3H3,(H,49,50)(H,51,52)(H,53,54). The zero-order chi connectivity index (χ0) is 50.8. The second-order valence-electron chi connectivity index (χ2n) is 15.6. The summed E-state index contributed by atoms with van der Waals surface area (Å²) in [6.45, 7) is -3.58. The largest absolute Gasteiger partial charge is 0.479 e. The lowest BCUT2D eigenvalue weighted by Gasteiger charge is -2.42. The minimum atomic E-state index is -2.33. The SMILES string of the molecule is CCCC(C)(OC(CO)C(=O)O)C(O)COC1OCC(O)C(OC(OC(CO)C(=O)O)C(O)COC2OCC(O)C(OC(OC(CO)C(=O)O)C(O)COC(OCC(C)O)C(O)O)C2O)C1O. The van der Waals surface area contributed by atoms with E-state index in [0.717, 1.165) is 0 Å². The molecule has 2 fully saturated rings. The lowest BCUT2D eigenvalue weighted by atomic mass is 9.93. The molecule has 0 radical (unpaired) electrons. The van der Waals surface area contributed by atoms with E-state index in [1.165, 1.54) is 13.8 Å². The van der Waals surface area contributed by atoms with Crippen LogP contribution >= 0.6 is 0 Å². The number of carboxylic acids is 3. The van der Waals surface area contributed by atoms with Gasteiger partial charge >= 0.3 is 17.9 Å². The summed E-state index contributed by atoms with van der Waals surface area (Å²) < 4.78 is 58.7. The Labute approximate surface area is 381 Å². The molecule has 0 aliphatic carbocycles. The third-order valence-electron chi connectivity index (χ3n) is 9.87. The van der Waals surface area contributed by atoms with Crippen LogP contribution in [0.5, 0.6) is 0 Å². The maximum Gasteiger partial charge on any atom is 0.335 e. The van der Waals surface area contributed by atoms with Gasteiger partial charge in [0, 0.05) is 0 Å². The molecule has 0 aromatic carbocycles. The first-order valence-electron chi connectivity index (χ1n) is 20.8. The predicted octanol–water partition coefficient (Wildman–Crippen LogP) is -8.32. The average molecular weight is 991 g/mol. The van der Waals surface area contributed by atoms with Crippen molar-refractivity contribution in [3.05, 3.63) is 0 Å². The van der Waals surface area contributed by atoms with E-state index in [9.17, 15) is 96.1 Å². The number of hydrogen-bond donors (Lipinski definition) is 16. The molecule has 0 aromatic rings. The molecule has 0 spiro atoms. The third-order valence-corrected chi connectivity index (χ3v) is 9.87. The molecule has 2 heterocycles. The van der Waals surface area contributed by atoms with Crippen molar-refractivity contribution in [2.75, 3.05) is 59.5 Å². The van der Waals surface area contributed by atoms with Crippen LogP contribution in [0.4, 0.5) is 0 Å². The highest BCUT2D eigenvalue weighted by molar-refractivity contribution is 5.73. The number of aliphatic hydroxyl groups is 13. The summed E-state index contributed by atoms with van der Waals surface area (Å²) >= 11 is 0. The van der Waals surface area contributed by atoms with Crippen LogP contribution in [0.3, 0.4) is 0 Å². The molecule has 19 atom stereocenters. The van der Waals surface area contributed by atoms with Crippen molar-refractivity contribution in [1.82, 2.24) is 0 Å². The maximum absolute atomic E-state index is 11.8. The van der Waals surface area contributed by atoms with Crippen LogP contribution in [-0.2, 0) is 66.5 Å². The highest BCUT2D eigenvalue weighted by atomic mass is 16.8. The summed E-state index contributed by atoms with van der Waals surface area (Å²) in [7, 11) is 0. The van der Waals surface area contributed by atoms with Crippen molar-refractivity contribution >= 4 is 17.9 Å². The molecule has 19 unspecified atom stereocenters. The molecule has 0 saturated carbocycles. The second-order valence-corrected chi connectivity index (χ2v) is 15.6. The van der Waals surface area contributed by atoms with Crippen LogP contribution in [0, 0.1) is 0 Å². The summed E-state index contributed by atoms with van der Waals surface area (Å²) in [5, 5.41) is 162. The maximum atomic E-state index is 11.8. The Balaban J connectivity index is 2.27. The van der Waals surface area contributed by atoms with Crippen molar-refractivity contribution in [3.63, 3.8) is 0 Å². The number of hydrogen-bond acceptors (Lipinski definition) is 27. The summed E-state index contributed by atoms with van der Waals surface area (Å²) in [4.78, 5) is 35.0. The number of carboxylic acid groups (broad SMARTS) is 3. The minimum absolute atomic E-state index is 0.0683. The van der Waals surface area contributed by atoms with Gasteiger partial charge in [-0.3, -0.25) is 0 Å². The van der Waals surface area contributed by atoms with E-state index in [1.54, 1.807) is 6.92 Å². The fraction of sp³-hybridized carbons (Fsp3) is 0.919. The van der Waals surface area contributed by atoms with E-state index in [4.69, 9.17) is 52.1 Å². The number of rotatable bonds is 34. The van der Waals surface area contributed by atoms with E-state index in [2.05, 4.69) is 0 Å². The predicted molar refractivity (Wildman–Crippen MR) is 208 cm³/mol. The molecule has 16 N–H and O–H groups in total. The molecule has 0 amide bonds. The Hall–Kier alpha value is -2.55. The molecule has 2 aliphatic heterocycles. The van der Waals surface area contributed by atoms with Gasteiger partial charge in [-0.1, -0.05) is 13.3 Å². The second kappa shape index (κ2) is 29.6. The van der Waals surface area contributed by atoms with Gasteiger partial charge < -0.3 is 134 Å². The van der Waals surface area contributed by atoms with Crippen LogP contribution in [0.1, 0.15) is 33.6 Å². The average Bonchev–Trinajstić information content (AvgIpc) is 3.26. The highest BCUT2D eigenvalue weighted by Gasteiger charge is 2.47. The lowest BCUT2D eigenvalue weighted by Crippen LogP contribution is -2.59. The van der Waals surface area contributed by atoms with Crippen LogP contribution < -0.4 is 0 Å². The monoisotopic (exact) mass is 990 g/mol. The first kappa shape index (κ1) is 60.6. The zero-order valence-corrected chi connectivity index (χ0v) is 36.6. The van der Waals surface area contributed by atoms with Crippen molar-refractivity contribution in [2.45, 2.75) is 156 Å². The van der Waals surface area contributed by atoms with Gasteiger partial charge in [0.25, 0.3) is 0 Å². The van der Waals surface area contributed by atoms with Gasteiger partial charge in [-0.05, 0) is 20.3 Å². The van der Waals surface area contributed by atoms with Crippen molar-refractivity contribution < 1.29 is 148 Å². The van der Waals surface area contributed by atoms with Crippen LogP contribution in [-0.4, -0.2) is 282 Å². The molecule has 30 heteroatoms. The molecule has 394 valence electrons. The normalized spacial score (nSPS) is 29.1. The molecule has 0 bridgehead atoms. The molecule has 0 aromatic heterocycles. The minimum Gasteiger partial charge on any atom is -0.479 e. The van der Waals surface area contributed by atoms with Crippen molar-refractivity contribution in [1.29, 1.82) is 0 Å². The van der Waals surface area contributed by atoms with E-state index in [-0.39, 0.29) is 6.42 Å².